The second-order valence-electron chi connectivity index (χ2n) is 8.99. The average molecular weight is 461 g/mol. The zero-order chi connectivity index (χ0) is 23.5. The number of benzene rings is 2. The molecule has 0 bridgehead atoms. The minimum Gasteiger partial charge on any atom is -0.437 e. The predicted octanol–water partition coefficient (Wildman–Crippen LogP) is 3.58. The molecule has 0 unspecified atom stereocenters. The largest absolute Gasteiger partial charge is 0.437 e. The van der Waals surface area contributed by atoms with E-state index in [0.29, 0.717) is 48.3 Å². The van der Waals surface area contributed by atoms with Gasteiger partial charge >= 0.3 is 0 Å². The van der Waals surface area contributed by atoms with Crippen LogP contribution in [0.3, 0.4) is 0 Å². The Bertz CT molecular complexity index is 1260. The lowest BCUT2D eigenvalue weighted by atomic mass is 9.88. The quantitative estimate of drug-likeness (QED) is 0.642. The van der Waals surface area contributed by atoms with E-state index in [2.05, 4.69) is 10.2 Å². The van der Waals surface area contributed by atoms with E-state index in [0.717, 1.165) is 25.7 Å². The number of carbonyl (C=O) groups is 2. The number of nitrogens with one attached hydrogen (secondary N) is 1. The van der Waals surface area contributed by atoms with Crippen LogP contribution >= 0.6 is 0 Å². The molecule has 1 aliphatic carbocycles. The Kier molecular flexibility index (Phi) is 6.29. The summed E-state index contributed by atoms with van der Waals surface area (Å²) in [6.07, 6.45) is 5.48. The molecule has 3 aromatic rings. The fourth-order valence-corrected chi connectivity index (χ4v) is 4.89. The van der Waals surface area contributed by atoms with Gasteiger partial charge in [0.15, 0.2) is 0 Å². The topological polar surface area (TPSA) is 95.6 Å². The number of carbonyl (C=O) groups excluding carboxylic acids is 2. The molecule has 2 aromatic carbocycles. The first kappa shape index (κ1) is 22.1. The Morgan fingerprint density at radius 3 is 2.35 bits per heavy atom. The standard InChI is InChI=1S/C26H28N4O4/c31-23-21-11-4-5-12-22(21)24(28-27-23)34-20-10-6-9-19(17-20)26(33)30-15-13-29(14-16-30)25(32)18-7-2-1-3-8-18/h4-6,9-12,17-18H,1-3,7-8,13-16H2,(H,27,31). The zero-order valence-electron chi connectivity index (χ0n) is 19.0. The monoisotopic (exact) mass is 460 g/mol. The van der Waals surface area contributed by atoms with Crippen LogP contribution in [0.2, 0.25) is 0 Å². The lowest BCUT2D eigenvalue weighted by Crippen LogP contribution is -2.52. The van der Waals surface area contributed by atoms with Crippen molar-refractivity contribution in [3.8, 4) is 11.6 Å². The molecule has 0 atom stereocenters. The maximum atomic E-state index is 13.1. The Hall–Kier alpha value is -3.68. The summed E-state index contributed by atoms with van der Waals surface area (Å²) in [6.45, 7) is 2.19. The Balaban J connectivity index is 1.25. The Morgan fingerprint density at radius 2 is 1.59 bits per heavy atom. The van der Waals surface area contributed by atoms with Crippen molar-refractivity contribution in [3.63, 3.8) is 0 Å². The first-order chi connectivity index (χ1) is 16.6. The van der Waals surface area contributed by atoms with Gasteiger partial charge in [-0.05, 0) is 43.2 Å². The molecule has 2 fully saturated rings. The molecule has 0 spiro atoms. The highest BCUT2D eigenvalue weighted by Gasteiger charge is 2.30. The van der Waals surface area contributed by atoms with Gasteiger partial charge in [-0.2, -0.15) is 0 Å². The molecule has 34 heavy (non-hydrogen) atoms. The van der Waals surface area contributed by atoms with Crippen LogP contribution < -0.4 is 10.3 Å². The number of fused-ring (bicyclic) bond motifs is 1. The van der Waals surface area contributed by atoms with Gasteiger partial charge in [0.2, 0.25) is 11.8 Å². The van der Waals surface area contributed by atoms with Gasteiger partial charge in [-0.15, -0.1) is 5.10 Å². The smallest absolute Gasteiger partial charge is 0.272 e. The SMILES string of the molecule is O=C(c1cccc(Oc2n[nH]c(=O)c3ccccc23)c1)N1CCN(C(=O)C2CCCCC2)CC1. The molecule has 2 heterocycles. The lowest BCUT2D eigenvalue weighted by Gasteiger charge is -2.37. The summed E-state index contributed by atoms with van der Waals surface area (Å²) in [5.74, 6) is 1.05. The van der Waals surface area contributed by atoms with E-state index >= 15 is 0 Å². The van der Waals surface area contributed by atoms with E-state index in [1.165, 1.54) is 6.42 Å². The van der Waals surface area contributed by atoms with Gasteiger partial charge < -0.3 is 14.5 Å². The van der Waals surface area contributed by atoms with Crippen LogP contribution in [0.1, 0.15) is 42.5 Å². The van der Waals surface area contributed by atoms with Gasteiger partial charge in [-0.25, -0.2) is 5.10 Å². The van der Waals surface area contributed by atoms with Crippen LogP contribution in [0.25, 0.3) is 10.8 Å². The molecule has 8 heteroatoms. The second-order valence-corrected chi connectivity index (χ2v) is 8.99. The van der Waals surface area contributed by atoms with Crippen LogP contribution in [0, 0.1) is 5.92 Å². The summed E-state index contributed by atoms with van der Waals surface area (Å²) in [6, 6.07) is 14.0. The average Bonchev–Trinajstić information content (AvgIpc) is 2.90. The highest BCUT2D eigenvalue weighted by molar-refractivity contribution is 5.95. The van der Waals surface area contributed by atoms with Crippen molar-refractivity contribution in [2.24, 2.45) is 5.92 Å². The molecule has 1 saturated heterocycles. The van der Waals surface area contributed by atoms with E-state index in [-0.39, 0.29) is 29.2 Å². The minimum atomic E-state index is -0.284. The number of aromatic nitrogens is 2. The van der Waals surface area contributed by atoms with Crippen LogP contribution in [-0.4, -0.2) is 58.0 Å². The number of hydrogen-bond acceptors (Lipinski definition) is 5. The number of piperazine rings is 1. The Morgan fingerprint density at radius 1 is 0.882 bits per heavy atom. The molecule has 176 valence electrons. The summed E-state index contributed by atoms with van der Waals surface area (Å²) in [4.78, 5) is 41.7. The van der Waals surface area contributed by atoms with Gasteiger partial charge in [0.05, 0.1) is 10.8 Å². The molecule has 1 saturated carbocycles. The van der Waals surface area contributed by atoms with Crippen molar-refractivity contribution in [2.45, 2.75) is 32.1 Å². The maximum Gasteiger partial charge on any atom is 0.272 e. The van der Waals surface area contributed by atoms with Gasteiger partial charge in [-0.3, -0.25) is 14.4 Å². The number of aromatic amines is 1. The van der Waals surface area contributed by atoms with Crippen LogP contribution in [-0.2, 0) is 4.79 Å². The van der Waals surface area contributed by atoms with E-state index in [4.69, 9.17) is 4.74 Å². The summed E-state index contributed by atoms with van der Waals surface area (Å²) in [5.41, 5.74) is 0.228. The van der Waals surface area contributed by atoms with E-state index in [1.807, 2.05) is 11.0 Å². The van der Waals surface area contributed by atoms with Gasteiger partial charge in [0.1, 0.15) is 5.75 Å². The van der Waals surface area contributed by atoms with Crippen molar-refractivity contribution in [3.05, 3.63) is 64.4 Å². The molecule has 5 rings (SSSR count). The molecule has 8 nitrogen and oxygen atoms in total. The maximum absolute atomic E-state index is 13.1. The normalized spacial score (nSPS) is 17.1. The summed E-state index contributed by atoms with van der Waals surface area (Å²) in [5, 5.41) is 7.57. The third-order valence-electron chi connectivity index (χ3n) is 6.79. The highest BCUT2D eigenvalue weighted by atomic mass is 16.5. The van der Waals surface area contributed by atoms with E-state index in [1.54, 1.807) is 47.4 Å². The molecule has 1 aromatic heterocycles. The molecule has 2 amide bonds. The second kappa shape index (κ2) is 9.67. The summed E-state index contributed by atoms with van der Waals surface area (Å²) in [7, 11) is 0. The third-order valence-corrected chi connectivity index (χ3v) is 6.79. The summed E-state index contributed by atoms with van der Waals surface area (Å²) >= 11 is 0. The fourth-order valence-electron chi connectivity index (χ4n) is 4.89. The highest BCUT2D eigenvalue weighted by Crippen LogP contribution is 2.28. The fraction of sp³-hybridized carbons (Fsp3) is 0.385. The van der Waals surface area contributed by atoms with Crippen molar-refractivity contribution >= 4 is 22.6 Å². The van der Waals surface area contributed by atoms with Crippen molar-refractivity contribution in [1.29, 1.82) is 0 Å². The molecule has 0 radical (unpaired) electrons. The first-order valence-corrected chi connectivity index (χ1v) is 11.9. The van der Waals surface area contributed by atoms with Gasteiger partial charge in [0.25, 0.3) is 11.5 Å². The number of nitrogens with zero attached hydrogens (tertiary/aromatic N) is 3. The molecular formula is C26H28N4O4. The van der Waals surface area contributed by atoms with Crippen LogP contribution in [0.4, 0.5) is 0 Å². The number of hydrogen-bond donors (Lipinski definition) is 1. The molecule has 1 N–H and O–H groups in total. The van der Waals surface area contributed by atoms with Crippen molar-refractivity contribution < 1.29 is 14.3 Å². The molecular weight excluding hydrogens is 432 g/mol. The van der Waals surface area contributed by atoms with Crippen LogP contribution in [0.15, 0.2) is 53.3 Å². The van der Waals surface area contributed by atoms with Gasteiger partial charge in [0, 0.05) is 37.7 Å². The zero-order valence-corrected chi connectivity index (χ0v) is 19.0. The van der Waals surface area contributed by atoms with Crippen molar-refractivity contribution in [1.82, 2.24) is 20.0 Å². The predicted molar refractivity (Wildman–Crippen MR) is 128 cm³/mol. The molecule has 1 aliphatic heterocycles. The number of rotatable bonds is 4. The lowest BCUT2D eigenvalue weighted by molar-refractivity contribution is -0.138. The first-order valence-electron chi connectivity index (χ1n) is 11.9. The van der Waals surface area contributed by atoms with Crippen molar-refractivity contribution in [2.75, 3.05) is 26.2 Å². The number of ether oxygens (including phenoxy) is 1. The molecule has 2 aliphatic rings. The Labute approximate surface area is 197 Å². The number of H-pyrrole nitrogens is 1. The van der Waals surface area contributed by atoms with E-state index in [9.17, 15) is 14.4 Å². The summed E-state index contributed by atoms with van der Waals surface area (Å²) < 4.78 is 5.94. The van der Waals surface area contributed by atoms with Gasteiger partial charge in [-0.1, -0.05) is 37.5 Å². The third kappa shape index (κ3) is 4.53. The van der Waals surface area contributed by atoms with E-state index < -0.39 is 0 Å². The number of amides is 2. The minimum absolute atomic E-state index is 0.0884. The van der Waals surface area contributed by atoms with Crippen LogP contribution in [0.5, 0.6) is 11.6 Å².